The van der Waals surface area contributed by atoms with E-state index in [1.165, 1.54) is 6.20 Å². The third-order valence-corrected chi connectivity index (χ3v) is 3.11. The summed E-state index contributed by atoms with van der Waals surface area (Å²) in [7, 11) is 0. The quantitative estimate of drug-likeness (QED) is 0.499. The van der Waals surface area contributed by atoms with Gasteiger partial charge in [0.05, 0.1) is 9.13 Å². The first kappa shape index (κ1) is 12.8. The molecule has 0 aliphatic rings. The van der Waals surface area contributed by atoms with Crippen LogP contribution in [0.3, 0.4) is 0 Å². The number of halogens is 5. The van der Waals surface area contributed by atoms with Crippen LogP contribution in [-0.4, -0.2) is 11.3 Å². The first-order chi connectivity index (χ1) is 6.85. The SMILES string of the molecule is N#Cc1cnc(I)c(OC(F)(F)F)c1I. The molecule has 3 nitrogen and oxygen atoms in total. The predicted octanol–water partition coefficient (Wildman–Crippen LogP) is 3.06. The maximum atomic E-state index is 12.0. The summed E-state index contributed by atoms with van der Waals surface area (Å²) >= 11 is 3.22. The molecule has 0 amide bonds. The van der Waals surface area contributed by atoms with Crippen LogP contribution >= 0.6 is 45.2 Å². The summed E-state index contributed by atoms with van der Waals surface area (Å²) < 4.78 is 39.9. The summed E-state index contributed by atoms with van der Waals surface area (Å²) in [6, 6.07) is 1.73. The molecule has 0 spiro atoms. The second-order valence-electron chi connectivity index (χ2n) is 2.27. The number of ether oxygens (including phenoxy) is 1. The molecule has 0 aliphatic carbocycles. The van der Waals surface area contributed by atoms with E-state index in [0.29, 0.717) is 0 Å². The van der Waals surface area contributed by atoms with E-state index in [1.54, 1.807) is 51.3 Å². The van der Waals surface area contributed by atoms with Crippen molar-refractivity contribution in [3.05, 3.63) is 19.0 Å². The van der Waals surface area contributed by atoms with Gasteiger partial charge in [0, 0.05) is 6.20 Å². The van der Waals surface area contributed by atoms with Crippen LogP contribution in [0.5, 0.6) is 5.75 Å². The van der Waals surface area contributed by atoms with Crippen molar-refractivity contribution in [3.8, 4) is 11.8 Å². The van der Waals surface area contributed by atoms with Crippen molar-refractivity contribution in [2.75, 3.05) is 0 Å². The number of nitrogens with zero attached hydrogens (tertiary/aromatic N) is 2. The van der Waals surface area contributed by atoms with Gasteiger partial charge < -0.3 is 4.74 Å². The molecule has 8 heteroatoms. The van der Waals surface area contributed by atoms with E-state index < -0.39 is 12.1 Å². The minimum atomic E-state index is -4.78. The summed E-state index contributed by atoms with van der Waals surface area (Å²) in [4.78, 5) is 3.63. The van der Waals surface area contributed by atoms with Gasteiger partial charge in [0.1, 0.15) is 9.77 Å². The number of aromatic nitrogens is 1. The Hall–Kier alpha value is -0.310. The smallest absolute Gasteiger partial charge is 0.402 e. The zero-order valence-electron chi connectivity index (χ0n) is 6.77. The summed E-state index contributed by atoms with van der Waals surface area (Å²) in [5.74, 6) is -0.428. The van der Waals surface area contributed by atoms with Gasteiger partial charge in [0.15, 0.2) is 5.75 Å². The zero-order valence-corrected chi connectivity index (χ0v) is 11.1. The lowest BCUT2D eigenvalue weighted by atomic mass is 10.3. The molecule has 0 bridgehead atoms. The van der Waals surface area contributed by atoms with E-state index in [1.807, 2.05) is 0 Å². The maximum Gasteiger partial charge on any atom is 0.573 e. The summed E-state index contributed by atoms with van der Waals surface area (Å²) in [6.07, 6.45) is -3.58. The Labute approximate surface area is 110 Å². The van der Waals surface area contributed by atoms with Crippen molar-refractivity contribution in [3.63, 3.8) is 0 Å². The second kappa shape index (κ2) is 4.69. The number of hydrogen-bond donors (Lipinski definition) is 0. The molecule has 1 rings (SSSR count). The first-order valence-corrected chi connectivity index (χ1v) is 5.50. The Kier molecular flexibility index (Phi) is 3.99. The summed E-state index contributed by atoms with van der Waals surface area (Å²) in [6.45, 7) is 0. The number of alkyl halides is 3. The molecule has 1 heterocycles. The van der Waals surface area contributed by atoms with Crippen LogP contribution in [0.15, 0.2) is 6.20 Å². The van der Waals surface area contributed by atoms with Crippen LogP contribution in [0, 0.1) is 18.6 Å². The molecule has 0 atom stereocenters. The van der Waals surface area contributed by atoms with Crippen molar-refractivity contribution in [1.82, 2.24) is 4.98 Å². The highest BCUT2D eigenvalue weighted by molar-refractivity contribution is 14.1. The molecular weight excluding hydrogens is 439 g/mol. The van der Waals surface area contributed by atoms with Crippen LogP contribution in [0.25, 0.3) is 0 Å². The first-order valence-electron chi connectivity index (χ1n) is 3.35. The molecule has 80 valence electrons. The topological polar surface area (TPSA) is 45.9 Å². The highest BCUT2D eigenvalue weighted by Crippen LogP contribution is 2.32. The molecule has 0 fully saturated rings. The van der Waals surface area contributed by atoms with Crippen LogP contribution < -0.4 is 4.74 Å². The zero-order chi connectivity index (χ0) is 11.6. The Morgan fingerprint density at radius 3 is 2.47 bits per heavy atom. The Balaban J connectivity index is 3.23. The van der Waals surface area contributed by atoms with Gasteiger partial charge in [0.25, 0.3) is 0 Å². The van der Waals surface area contributed by atoms with Crippen LogP contribution in [0.2, 0.25) is 0 Å². The number of nitriles is 1. The van der Waals surface area contributed by atoms with E-state index in [0.717, 1.165) is 0 Å². The standard InChI is InChI=1S/C7HF3I2N2O/c8-7(9,10)15-5-4(11)3(1-13)2-14-6(5)12/h2H. The van der Waals surface area contributed by atoms with Gasteiger partial charge in [-0.1, -0.05) is 0 Å². The van der Waals surface area contributed by atoms with E-state index in [4.69, 9.17) is 5.26 Å². The fourth-order valence-corrected chi connectivity index (χ4v) is 2.39. The third-order valence-electron chi connectivity index (χ3n) is 1.27. The van der Waals surface area contributed by atoms with Gasteiger partial charge in [-0.25, -0.2) is 4.98 Å². The molecule has 0 saturated carbocycles. The Morgan fingerprint density at radius 2 is 2.00 bits per heavy atom. The lowest BCUT2D eigenvalue weighted by molar-refractivity contribution is -0.275. The molecule has 0 aliphatic heterocycles. The van der Waals surface area contributed by atoms with Gasteiger partial charge in [-0.15, -0.1) is 13.2 Å². The van der Waals surface area contributed by atoms with Crippen LogP contribution in [0.4, 0.5) is 13.2 Å². The monoisotopic (exact) mass is 440 g/mol. The minimum absolute atomic E-state index is 0.0512. The average Bonchev–Trinajstić information content (AvgIpc) is 2.11. The van der Waals surface area contributed by atoms with Gasteiger partial charge in [-0.3, -0.25) is 0 Å². The fraction of sp³-hybridized carbons (Fsp3) is 0.143. The van der Waals surface area contributed by atoms with E-state index in [-0.39, 0.29) is 12.8 Å². The molecule has 1 aromatic rings. The van der Waals surface area contributed by atoms with E-state index in [2.05, 4.69) is 9.72 Å². The largest absolute Gasteiger partial charge is 0.573 e. The normalized spacial score (nSPS) is 10.9. The fourth-order valence-electron chi connectivity index (χ4n) is 0.730. The molecule has 1 aromatic heterocycles. The van der Waals surface area contributed by atoms with Crippen molar-refractivity contribution >= 4 is 45.2 Å². The van der Waals surface area contributed by atoms with Crippen LogP contribution in [0.1, 0.15) is 5.56 Å². The highest BCUT2D eigenvalue weighted by atomic mass is 127. The molecule has 0 N–H and O–H groups in total. The van der Waals surface area contributed by atoms with E-state index in [9.17, 15) is 13.2 Å². The van der Waals surface area contributed by atoms with E-state index >= 15 is 0 Å². The predicted molar refractivity (Wildman–Crippen MR) is 61.1 cm³/mol. The number of pyridine rings is 1. The lowest BCUT2D eigenvalue weighted by Crippen LogP contribution is -2.19. The van der Waals surface area contributed by atoms with Gasteiger partial charge in [-0.05, 0) is 45.2 Å². The maximum absolute atomic E-state index is 12.0. The lowest BCUT2D eigenvalue weighted by Gasteiger charge is -2.11. The third kappa shape index (κ3) is 3.33. The Bertz CT molecular complexity index is 427. The van der Waals surface area contributed by atoms with Gasteiger partial charge in [-0.2, -0.15) is 5.26 Å². The highest BCUT2D eigenvalue weighted by Gasteiger charge is 2.33. The molecule has 0 saturated heterocycles. The van der Waals surface area contributed by atoms with Gasteiger partial charge >= 0.3 is 6.36 Å². The minimum Gasteiger partial charge on any atom is -0.402 e. The number of hydrogen-bond acceptors (Lipinski definition) is 3. The van der Waals surface area contributed by atoms with Crippen molar-refractivity contribution in [2.45, 2.75) is 6.36 Å². The second-order valence-corrected chi connectivity index (χ2v) is 4.37. The van der Waals surface area contributed by atoms with Crippen LogP contribution in [-0.2, 0) is 0 Å². The average molecular weight is 440 g/mol. The van der Waals surface area contributed by atoms with Crippen molar-refractivity contribution in [1.29, 1.82) is 5.26 Å². The molecule has 0 unspecified atom stereocenters. The summed E-state index contributed by atoms with van der Waals surface area (Å²) in [5.41, 5.74) is 0.0512. The molecule has 15 heavy (non-hydrogen) atoms. The molecule has 0 radical (unpaired) electrons. The molecular formula is C7HF3I2N2O. The van der Waals surface area contributed by atoms with Gasteiger partial charge in [0.2, 0.25) is 0 Å². The summed E-state index contributed by atoms with van der Waals surface area (Å²) in [5, 5.41) is 8.60. The molecule has 0 aromatic carbocycles. The van der Waals surface area contributed by atoms with Crippen molar-refractivity contribution in [2.24, 2.45) is 0 Å². The number of rotatable bonds is 1. The Morgan fingerprint density at radius 1 is 1.40 bits per heavy atom. The van der Waals surface area contributed by atoms with Crippen molar-refractivity contribution < 1.29 is 17.9 Å².